The van der Waals surface area contributed by atoms with Gasteiger partial charge in [-0.25, -0.2) is 4.98 Å². The highest BCUT2D eigenvalue weighted by molar-refractivity contribution is 6.32. The zero-order valence-electron chi connectivity index (χ0n) is 19.2. The Morgan fingerprint density at radius 3 is 2.64 bits per heavy atom. The number of hydrogen-bond acceptors (Lipinski definition) is 6. The fourth-order valence-electron chi connectivity index (χ4n) is 5.44. The number of likely N-dealkylation sites (tertiary alicyclic amines) is 1. The van der Waals surface area contributed by atoms with E-state index in [0.29, 0.717) is 38.2 Å². The first-order valence-corrected chi connectivity index (χ1v) is 12.2. The lowest BCUT2D eigenvalue weighted by Gasteiger charge is -2.43. The molecule has 7 nitrogen and oxygen atoms in total. The maximum Gasteiger partial charge on any atom is 0.231 e. The van der Waals surface area contributed by atoms with Gasteiger partial charge in [-0.2, -0.15) is 0 Å². The predicted octanol–water partition coefficient (Wildman–Crippen LogP) is 3.44. The third-order valence-electron chi connectivity index (χ3n) is 7.84. The van der Waals surface area contributed by atoms with Gasteiger partial charge in [0.1, 0.15) is 5.82 Å². The van der Waals surface area contributed by atoms with Crippen molar-refractivity contribution in [2.45, 2.75) is 44.2 Å². The summed E-state index contributed by atoms with van der Waals surface area (Å²) in [7, 11) is 0. The van der Waals surface area contributed by atoms with Gasteiger partial charge in [0.15, 0.2) is 0 Å². The number of aromatic nitrogens is 1. The van der Waals surface area contributed by atoms with Crippen molar-refractivity contribution in [1.29, 1.82) is 0 Å². The first kappa shape index (κ1) is 23.0. The SMILES string of the molecule is CC1COCC1C(=O)Nc1cc2cc(C3CCN(C4(C)COCC4O)CC3)c(Cl)cc2cn1. The average molecular weight is 474 g/mol. The smallest absolute Gasteiger partial charge is 0.231 e. The molecule has 33 heavy (non-hydrogen) atoms. The lowest BCUT2D eigenvalue weighted by atomic mass is 9.85. The van der Waals surface area contributed by atoms with Crippen LogP contribution in [0.15, 0.2) is 24.4 Å². The number of benzene rings is 1. The highest BCUT2D eigenvalue weighted by Gasteiger charge is 2.45. The van der Waals surface area contributed by atoms with Gasteiger partial charge < -0.3 is 19.9 Å². The van der Waals surface area contributed by atoms with Gasteiger partial charge >= 0.3 is 0 Å². The fourth-order valence-corrected chi connectivity index (χ4v) is 5.76. The van der Waals surface area contributed by atoms with Gasteiger partial charge in [0.25, 0.3) is 0 Å². The summed E-state index contributed by atoms with van der Waals surface area (Å²) in [5, 5.41) is 16.1. The standard InChI is InChI=1S/C25H32ClN3O4/c1-15-11-32-12-20(15)24(31)28-23-9-17-7-19(21(26)8-18(17)10-27-23)16-3-5-29(6-4-16)25(2)14-33-13-22(25)30/h7-10,15-16,20,22,30H,3-6,11-14H2,1-2H3,(H,27,28,31). The fraction of sp³-hybridized carbons (Fsp3) is 0.600. The van der Waals surface area contributed by atoms with Crippen molar-refractivity contribution in [2.75, 3.05) is 44.8 Å². The van der Waals surface area contributed by atoms with Gasteiger partial charge in [-0.1, -0.05) is 18.5 Å². The van der Waals surface area contributed by atoms with E-state index in [1.54, 1.807) is 6.20 Å². The number of rotatable bonds is 4. The highest BCUT2D eigenvalue weighted by atomic mass is 35.5. The molecule has 0 aliphatic carbocycles. The van der Waals surface area contributed by atoms with Crippen LogP contribution in [0, 0.1) is 11.8 Å². The molecule has 1 aromatic carbocycles. The number of halogens is 1. The number of aliphatic hydroxyl groups is 1. The largest absolute Gasteiger partial charge is 0.389 e. The van der Waals surface area contributed by atoms with Crippen LogP contribution < -0.4 is 5.32 Å². The Morgan fingerprint density at radius 1 is 1.18 bits per heavy atom. The molecule has 8 heteroatoms. The molecule has 3 fully saturated rings. The van der Waals surface area contributed by atoms with Crippen molar-refractivity contribution >= 4 is 34.1 Å². The van der Waals surface area contributed by atoms with E-state index in [4.69, 9.17) is 21.1 Å². The molecule has 4 heterocycles. The van der Waals surface area contributed by atoms with Crippen molar-refractivity contribution in [2.24, 2.45) is 11.8 Å². The number of fused-ring (bicyclic) bond motifs is 1. The lowest BCUT2D eigenvalue weighted by Crippen LogP contribution is -2.56. The van der Waals surface area contributed by atoms with Crippen LogP contribution in [0.3, 0.4) is 0 Å². The minimum atomic E-state index is -0.446. The summed E-state index contributed by atoms with van der Waals surface area (Å²) in [5.74, 6) is 0.932. The van der Waals surface area contributed by atoms with E-state index in [0.717, 1.165) is 47.3 Å². The van der Waals surface area contributed by atoms with Crippen LogP contribution in [0.5, 0.6) is 0 Å². The van der Waals surface area contributed by atoms with Gasteiger partial charge in [-0.15, -0.1) is 0 Å². The lowest BCUT2D eigenvalue weighted by molar-refractivity contribution is -0.120. The zero-order chi connectivity index (χ0) is 23.2. The molecule has 3 aliphatic rings. The van der Waals surface area contributed by atoms with Crippen molar-refractivity contribution in [1.82, 2.24) is 9.88 Å². The van der Waals surface area contributed by atoms with E-state index in [-0.39, 0.29) is 23.3 Å². The third kappa shape index (κ3) is 4.37. The number of anilines is 1. The van der Waals surface area contributed by atoms with Crippen molar-refractivity contribution in [3.05, 3.63) is 35.0 Å². The van der Waals surface area contributed by atoms with Crippen LogP contribution in [0.25, 0.3) is 10.8 Å². The molecule has 1 amide bonds. The summed E-state index contributed by atoms with van der Waals surface area (Å²) in [4.78, 5) is 19.4. The Hall–Kier alpha value is -1.77. The van der Waals surface area contributed by atoms with Gasteiger partial charge in [0.2, 0.25) is 5.91 Å². The summed E-state index contributed by atoms with van der Waals surface area (Å²) < 4.78 is 11.0. The second kappa shape index (κ2) is 9.12. The van der Waals surface area contributed by atoms with Crippen LogP contribution in [-0.4, -0.2) is 72.1 Å². The molecule has 5 rings (SSSR count). The Bertz CT molecular complexity index is 1040. The van der Waals surface area contributed by atoms with Crippen LogP contribution in [-0.2, 0) is 14.3 Å². The molecule has 4 unspecified atom stereocenters. The molecule has 1 aromatic heterocycles. The Balaban J connectivity index is 1.31. The van der Waals surface area contributed by atoms with Crippen LogP contribution >= 0.6 is 11.6 Å². The van der Waals surface area contributed by atoms with E-state index >= 15 is 0 Å². The number of aliphatic hydroxyl groups excluding tert-OH is 1. The topological polar surface area (TPSA) is 83.9 Å². The molecular weight excluding hydrogens is 442 g/mol. The maximum atomic E-state index is 12.6. The molecule has 0 spiro atoms. The van der Waals surface area contributed by atoms with Crippen LogP contribution in [0.1, 0.15) is 38.2 Å². The maximum absolute atomic E-state index is 12.6. The second-order valence-corrected chi connectivity index (χ2v) is 10.5. The normalized spacial score (nSPS) is 31.3. The van der Waals surface area contributed by atoms with E-state index in [1.165, 1.54) is 0 Å². The van der Waals surface area contributed by atoms with Gasteiger partial charge in [0.05, 0.1) is 37.4 Å². The quantitative estimate of drug-likeness (QED) is 0.707. The Labute approximate surface area is 199 Å². The van der Waals surface area contributed by atoms with Crippen molar-refractivity contribution in [3.63, 3.8) is 0 Å². The number of carbonyl (C=O) groups is 1. The number of carbonyl (C=O) groups excluding carboxylic acids is 1. The first-order valence-electron chi connectivity index (χ1n) is 11.8. The van der Waals surface area contributed by atoms with E-state index < -0.39 is 6.10 Å². The number of hydrogen-bond donors (Lipinski definition) is 2. The molecule has 0 bridgehead atoms. The molecular formula is C25H32ClN3O4. The number of pyridine rings is 1. The van der Waals surface area contributed by atoms with Gasteiger partial charge in [-0.3, -0.25) is 9.69 Å². The van der Waals surface area contributed by atoms with Crippen LogP contribution in [0.4, 0.5) is 5.82 Å². The molecule has 2 N–H and O–H groups in total. The molecule has 0 saturated carbocycles. The number of piperidine rings is 1. The average Bonchev–Trinajstić information content (AvgIpc) is 3.39. The van der Waals surface area contributed by atoms with Crippen LogP contribution in [0.2, 0.25) is 5.02 Å². The summed E-state index contributed by atoms with van der Waals surface area (Å²) in [5.41, 5.74) is 0.831. The summed E-state index contributed by atoms with van der Waals surface area (Å²) in [6, 6.07) is 6.04. The molecule has 178 valence electrons. The number of amides is 1. The molecule has 4 atom stereocenters. The van der Waals surface area contributed by atoms with E-state index in [9.17, 15) is 9.90 Å². The summed E-state index contributed by atoms with van der Waals surface area (Å²) in [6.45, 7) is 7.98. The second-order valence-electron chi connectivity index (χ2n) is 10.1. The zero-order valence-corrected chi connectivity index (χ0v) is 20.0. The molecule has 3 aliphatic heterocycles. The number of ether oxygens (including phenoxy) is 2. The minimum absolute atomic E-state index is 0.0417. The van der Waals surface area contributed by atoms with Gasteiger partial charge in [-0.05, 0) is 73.8 Å². The number of nitrogens with zero attached hydrogens (tertiary/aromatic N) is 2. The summed E-state index contributed by atoms with van der Waals surface area (Å²) >= 11 is 6.69. The molecule has 3 saturated heterocycles. The highest BCUT2D eigenvalue weighted by Crippen LogP contribution is 2.38. The monoisotopic (exact) mass is 473 g/mol. The minimum Gasteiger partial charge on any atom is -0.389 e. The first-order chi connectivity index (χ1) is 15.8. The van der Waals surface area contributed by atoms with Gasteiger partial charge in [0, 0.05) is 23.2 Å². The van der Waals surface area contributed by atoms with E-state index in [1.807, 2.05) is 19.1 Å². The van der Waals surface area contributed by atoms with Crippen molar-refractivity contribution in [3.8, 4) is 0 Å². The molecule has 0 radical (unpaired) electrons. The predicted molar refractivity (Wildman–Crippen MR) is 128 cm³/mol. The number of nitrogens with one attached hydrogen (secondary N) is 1. The molecule has 2 aromatic rings. The Kier molecular flexibility index (Phi) is 6.35. The summed E-state index contributed by atoms with van der Waals surface area (Å²) in [6.07, 6.45) is 3.27. The Morgan fingerprint density at radius 2 is 1.97 bits per heavy atom. The van der Waals surface area contributed by atoms with E-state index in [2.05, 4.69) is 28.2 Å². The van der Waals surface area contributed by atoms with Crippen molar-refractivity contribution < 1.29 is 19.4 Å². The third-order valence-corrected chi connectivity index (χ3v) is 8.16.